The van der Waals surface area contributed by atoms with E-state index in [-0.39, 0.29) is 5.75 Å². The van der Waals surface area contributed by atoms with Gasteiger partial charge in [-0.05, 0) is 54.4 Å². The number of unbranched alkanes of at least 4 members (excludes halogenated alkanes) is 1. The van der Waals surface area contributed by atoms with Gasteiger partial charge < -0.3 is 5.11 Å². The van der Waals surface area contributed by atoms with Crippen LogP contribution in [0, 0.1) is 0 Å². The molecule has 0 aliphatic heterocycles. The molecule has 4 aromatic rings. The molecular formula is C30H29ClOP+. The van der Waals surface area contributed by atoms with Gasteiger partial charge in [0.15, 0.2) is 0 Å². The molecule has 0 saturated heterocycles. The monoisotopic (exact) mass is 471 g/mol. The van der Waals surface area contributed by atoms with Crippen molar-refractivity contribution in [2.45, 2.75) is 19.8 Å². The summed E-state index contributed by atoms with van der Waals surface area (Å²) in [4.78, 5) is 0. The summed E-state index contributed by atoms with van der Waals surface area (Å²) < 4.78 is 0. The molecule has 0 unspecified atom stereocenters. The molecule has 0 fully saturated rings. The quantitative estimate of drug-likeness (QED) is 0.259. The fourth-order valence-corrected chi connectivity index (χ4v) is 8.64. The molecule has 1 N–H and O–H groups in total. The average Bonchev–Trinajstić information content (AvgIpc) is 2.88. The van der Waals surface area contributed by atoms with Crippen molar-refractivity contribution in [2.24, 2.45) is 0 Å². The van der Waals surface area contributed by atoms with Crippen molar-refractivity contribution in [3.05, 3.63) is 131 Å². The number of benzene rings is 4. The molecule has 0 heterocycles. The van der Waals surface area contributed by atoms with Gasteiger partial charge >= 0.3 is 0 Å². The number of rotatable bonds is 8. The van der Waals surface area contributed by atoms with Gasteiger partial charge in [-0.2, -0.15) is 0 Å². The van der Waals surface area contributed by atoms with Gasteiger partial charge in [-0.15, -0.1) is 0 Å². The van der Waals surface area contributed by atoms with E-state index in [0.29, 0.717) is 5.02 Å². The highest BCUT2D eigenvalue weighted by Crippen LogP contribution is 2.61. The second-order valence-corrected chi connectivity index (χ2v) is 12.1. The van der Waals surface area contributed by atoms with Crippen LogP contribution in [0.4, 0.5) is 0 Å². The van der Waals surface area contributed by atoms with Gasteiger partial charge in [-0.1, -0.05) is 91.7 Å². The number of halogens is 1. The second-order valence-electron chi connectivity index (χ2n) is 8.19. The normalized spacial score (nSPS) is 12.0. The highest BCUT2D eigenvalue weighted by Gasteiger charge is 2.41. The molecule has 0 amide bonds. The zero-order valence-corrected chi connectivity index (χ0v) is 20.5. The molecule has 0 spiro atoms. The maximum Gasteiger partial charge on any atom is 0.123 e. The van der Waals surface area contributed by atoms with E-state index in [1.54, 1.807) is 12.1 Å². The summed E-state index contributed by atoms with van der Waals surface area (Å²) in [7, 11) is -1.96. The van der Waals surface area contributed by atoms with Crippen molar-refractivity contribution in [2.75, 3.05) is 6.16 Å². The first-order valence-corrected chi connectivity index (χ1v) is 13.8. The Bertz CT molecular complexity index is 1160. The van der Waals surface area contributed by atoms with Gasteiger partial charge in [0.25, 0.3) is 0 Å². The Morgan fingerprint density at radius 3 is 1.88 bits per heavy atom. The van der Waals surface area contributed by atoms with Crippen molar-refractivity contribution in [3.63, 3.8) is 0 Å². The van der Waals surface area contributed by atoms with Crippen LogP contribution < -0.4 is 10.6 Å². The van der Waals surface area contributed by atoms with E-state index in [1.165, 1.54) is 10.6 Å². The van der Waals surface area contributed by atoms with E-state index in [0.717, 1.165) is 35.7 Å². The second kappa shape index (κ2) is 10.8. The highest BCUT2D eigenvalue weighted by atomic mass is 35.5. The predicted octanol–water partition coefficient (Wildman–Crippen LogP) is 7.90. The largest absolute Gasteiger partial charge is 0.507 e. The third kappa shape index (κ3) is 5.22. The van der Waals surface area contributed by atoms with Gasteiger partial charge in [-0.25, -0.2) is 0 Å². The lowest BCUT2D eigenvalue weighted by atomic mass is 9.99. The van der Waals surface area contributed by atoms with Crippen LogP contribution in [0.1, 0.15) is 30.9 Å². The molecule has 0 bridgehead atoms. The molecule has 166 valence electrons. The summed E-state index contributed by atoms with van der Waals surface area (Å²) in [6.07, 6.45) is 3.31. The zero-order valence-electron chi connectivity index (χ0n) is 18.9. The summed E-state index contributed by atoms with van der Waals surface area (Å²) in [5.41, 5.74) is 2.86. The summed E-state index contributed by atoms with van der Waals surface area (Å²) in [5, 5.41) is 14.2. The maximum atomic E-state index is 10.9. The first-order valence-electron chi connectivity index (χ1n) is 11.4. The third-order valence-corrected chi connectivity index (χ3v) is 10.4. The van der Waals surface area contributed by atoms with Crippen molar-refractivity contribution in [3.8, 4) is 5.75 Å². The fourth-order valence-electron chi connectivity index (χ4n) is 4.28. The summed E-state index contributed by atoms with van der Waals surface area (Å²) >= 11 is 6.41. The van der Waals surface area contributed by atoms with Crippen molar-refractivity contribution < 1.29 is 5.11 Å². The Balaban J connectivity index is 2.07. The van der Waals surface area contributed by atoms with Crippen molar-refractivity contribution in [1.29, 1.82) is 0 Å². The first kappa shape index (κ1) is 23.3. The minimum atomic E-state index is -1.96. The fraction of sp³-hybridized carbons (Fsp3) is 0.133. The number of aromatic hydroxyl groups is 1. The number of phenolic OH excluding ortho intramolecular Hbond substituents is 1. The summed E-state index contributed by atoms with van der Waals surface area (Å²) in [6, 6.07) is 37.3. The van der Waals surface area contributed by atoms with Gasteiger partial charge in [0.1, 0.15) is 23.6 Å². The predicted molar refractivity (Wildman–Crippen MR) is 145 cm³/mol. The standard InChI is InChI=1S/C30H28ClOP/c1-2-3-21-33(26-15-9-5-10-16-26,27-17-11-6-12-18-27)23-29(24-13-7-4-8-14-24)28-22-25(31)19-20-30(28)32/h4-20,22-23H,2-3,21H2,1H3/p+1/b29-23-. The Labute approximate surface area is 202 Å². The average molecular weight is 472 g/mol. The van der Waals surface area contributed by atoms with Crippen LogP contribution >= 0.6 is 18.9 Å². The van der Waals surface area contributed by atoms with E-state index in [2.05, 4.69) is 85.5 Å². The molecule has 1 nitrogen and oxygen atoms in total. The van der Waals surface area contributed by atoms with Crippen LogP contribution in [-0.4, -0.2) is 11.3 Å². The molecule has 0 aliphatic rings. The van der Waals surface area contributed by atoms with Gasteiger partial charge in [-0.3, -0.25) is 0 Å². The van der Waals surface area contributed by atoms with E-state index < -0.39 is 7.26 Å². The van der Waals surface area contributed by atoms with Crippen LogP contribution in [0.5, 0.6) is 5.75 Å². The topological polar surface area (TPSA) is 20.2 Å². The minimum Gasteiger partial charge on any atom is -0.507 e. The molecule has 0 aliphatic carbocycles. The Hall–Kier alpha value is -2.86. The molecule has 0 aromatic heterocycles. The van der Waals surface area contributed by atoms with Crippen LogP contribution in [0.3, 0.4) is 0 Å². The Morgan fingerprint density at radius 2 is 1.33 bits per heavy atom. The molecular weight excluding hydrogens is 443 g/mol. The van der Waals surface area contributed by atoms with Crippen LogP contribution in [0.25, 0.3) is 5.57 Å². The number of hydrogen-bond donors (Lipinski definition) is 1. The van der Waals surface area contributed by atoms with Crippen molar-refractivity contribution in [1.82, 2.24) is 0 Å². The molecule has 0 saturated carbocycles. The number of phenols is 1. The molecule has 33 heavy (non-hydrogen) atoms. The molecule has 3 heteroatoms. The lowest BCUT2D eigenvalue weighted by molar-refractivity contribution is 0.473. The zero-order chi connectivity index (χ0) is 23.1. The lowest BCUT2D eigenvalue weighted by Crippen LogP contribution is -2.23. The maximum absolute atomic E-state index is 10.9. The van der Waals surface area contributed by atoms with Crippen molar-refractivity contribution >= 4 is 35.0 Å². The van der Waals surface area contributed by atoms with Crippen LogP contribution in [0.15, 0.2) is 115 Å². The van der Waals surface area contributed by atoms with E-state index in [4.69, 9.17) is 11.6 Å². The molecule has 0 atom stereocenters. The van der Waals surface area contributed by atoms with Gasteiger partial charge in [0.05, 0.1) is 12.0 Å². The highest BCUT2D eigenvalue weighted by molar-refractivity contribution is 7.92. The van der Waals surface area contributed by atoms with E-state index >= 15 is 0 Å². The summed E-state index contributed by atoms with van der Waals surface area (Å²) in [6.45, 7) is 2.25. The third-order valence-electron chi connectivity index (χ3n) is 5.98. The molecule has 0 radical (unpaired) electrons. The van der Waals surface area contributed by atoms with Crippen LogP contribution in [-0.2, 0) is 0 Å². The van der Waals surface area contributed by atoms with E-state index in [9.17, 15) is 5.11 Å². The molecule has 4 aromatic carbocycles. The minimum absolute atomic E-state index is 0.240. The van der Waals surface area contributed by atoms with Gasteiger partial charge in [0, 0.05) is 16.2 Å². The molecule has 4 rings (SSSR count). The summed E-state index contributed by atoms with van der Waals surface area (Å²) in [5.74, 6) is 2.69. The Kier molecular flexibility index (Phi) is 7.65. The SMILES string of the molecule is CCCC[P+](/C=C(/c1ccccc1)c1cc(Cl)ccc1O)(c1ccccc1)c1ccccc1. The smallest absolute Gasteiger partial charge is 0.123 e. The lowest BCUT2D eigenvalue weighted by Gasteiger charge is -2.26. The first-order chi connectivity index (χ1) is 16.1. The van der Waals surface area contributed by atoms with Gasteiger partial charge in [0.2, 0.25) is 0 Å². The van der Waals surface area contributed by atoms with E-state index in [1.807, 2.05) is 24.3 Å². The number of hydrogen-bond acceptors (Lipinski definition) is 1. The Morgan fingerprint density at radius 1 is 0.788 bits per heavy atom. The van der Waals surface area contributed by atoms with Crippen LogP contribution in [0.2, 0.25) is 5.02 Å².